The first-order valence-corrected chi connectivity index (χ1v) is 8.98. The molecule has 3 aromatic heterocycles. The van der Waals surface area contributed by atoms with Gasteiger partial charge in [-0.15, -0.1) is 0 Å². The number of rotatable bonds is 7. The van der Waals surface area contributed by atoms with Gasteiger partial charge in [0.05, 0.1) is 31.7 Å². The average Bonchev–Trinajstić information content (AvgIpc) is 3.18. The van der Waals surface area contributed by atoms with Gasteiger partial charge in [0.1, 0.15) is 11.5 Å². The van der Waals surface area contributed by atoms with Crippen LogP contribution in [-0.4, -0.2) is 40.1 Å². The molecular weight excluding hydrogens is 354 g/mol. The fraction of sp³-hybridized carbons (Fsp3) is 0.190. The van der Waals surface area contributed by atoms with Crippen LogP contribution in [0.15, 0.2) is 61.3 Å². The first-order chi connectivity index (χ1) is 13.8. The number of imidazole rings is 1. The van der Waals surface area contributed by atoms with E-state index in [0.29, 0.717) is 0 Å². The normalized spacial score (nSPS) is 10.8. The predicted molar refractivity (Wildman–Crippen MR) is 108 cm³/mol. The second-order valence-corrected chi connectivity index (χ2v) is 6.18. The fourth-order valence-electron chi connectivity index (χ4n) is 3.21. The average molecular weight is 375 g/mol. The monoisotopic (exact) mass is 375 g/mol. The van der Waals surface area contributed by atoms with E-state index in [1.165, 1.54) is 5.56 Å². The summed E-state index contributed by atoms with van der Waals surface area (Å²) in [6, 6.07) is 9.74. The molecule has 0 amide bonds. The van der Waals surface area contributed by atoms with Crippen molar-refractivity contribution in [2.75, 3.05) is 26.1 Å². The third kappa shape index (κ3) is 3.34. The quantitative estimate of drug-likeness (QED) is 0.533. The number of hydrogen-bond donors (Lipinski definition) is 1. The number of benzene rings is 1. The molecule has 0 fully saturated rings. The van der Waals surface area contributed by atoms with Crippen LogP contribution in [0.25, 0.3) is 16.9 Å². The van der Waals surface area contributed by atoms with Gasteiger partial charge in [-0.25, -0.2) is 9.97 Å². The molecule has 0 atom stereocenters. The number of nitrogens with one attached hydrogen (secondary N) is 1. The maximum atomic E-state index is 5.55. The second-order valence-electron chi connectivity index (χ2n) is 6.18. The number of aromatic nitrogens is 4. The van der Waals surface area contributed by atoms with Gasteiger partial charge in [0.25, 0.3) is 0 Å². The summed E-state index contributed by atoms with van der Waals surface area (Å²) in [5, 5.41) is 3.38. The molecule has 0 aliphatic carbocycles. The minimum absolute atomic E-state index is 0.727. The number of ether oxygens (including phenoxy) is 2. The van der Waals surface area contributed by atoms with E-state index in [-0.39, 0.29) is 0 Å². The topological polar surface area (TPSA) is 73.6 Å². The summed E-state index contributed by atoms with van der Waals surface area (Å²) in [6.45, 7) is 0.747. The minimum Gasteiger partial charge on any atom is -0.496 e. The molecule has 142 valence electrons. The van der Waals surface area contributed by atoms with Crippen LogP contribution in [0.1, 0.15) is 5.56 Å². The third-order valence-electron chi connectivity index (χ3n) is 4.57. The number of hydrogen-bond acceptors (Lipinski definition) is 6. The molecule has 0 saturated heterocycles. The van der Waals surface area contributed by atoms with Crippen molar-refractivity contribution in [2.24, 2.45) is 0 Å². The smallest absolute Gasteiger partial charge is 0.180 e. The standard InChI is InChI=1S/C21H21N5O2/c1-27-17-4-3-5-18(28-2)19(17)16-14-25-21-20(24-12-13-26(16)21)23-11-8-15-6-9-22-10-7-15/h3-7,9-10,12-14H,8,11H2,1-2H3,(H,23,24). The van der Waals surface area contributed by atoms with Gasteiger partial charge in [0.2, 0.25) is 0 Å². The van der Waals surface area contributed by atoms with Gasteiger partial charge in [-0.1, -0.05) is 6.07 Å². The van der Waals surface area contributed by atoms with Crippen LogP contribution in [0.5, 0.6) is 11.5 Å². The Labute approximate surface area is 163 Å². The van der Waals surface area contributed by atoms with Gasteiger partial charge in [0, 0.05) is 31.3 Å². The molecule has 0 saturated carbocycles. The van der Waals surface area contributed by atoms with E-state index in [2.05, 4.69) is 20.3 Å². The summed E-state index contributed by atoms with van der Waals surface area (Å²) < 4.78 is 13.1. The molecule has 3 heterocycles. The lowest BCUT2D eigenvalue weighted by atomic mass is 10.1. The fourth-order valence-corrected chi connectivity index (χ4v) is 3.21. The van der Waals surface area contributed by atoms with E-state index < -0.39 is 0 Å². The lowest BCUT2D eigenvalue weighted by Crippen LogP contribution is -2.08. The number of pyridine rings is 1. The van der Waals surface area contributed by atoms with Crippen LogP contribution in [0.4, 0.5) is 5.82 Å². The largest absolute Gasteiger partial charge is 0.496 e. The second kappa shape index (κ2) is 7.96. The lowest BCUT2D eigenvalue weighted by Gasteiger charge is -2.13. The number of methoxy groups -OCH3 is 2. The highest BCUT2D eigenvalue weighted by molar-refractivity contribution is 5.78. The Kier molecular flexibility index (Phi) is 5.05. The van der Waals surface area contributed by atoms with Crippen molar-refractivity contribution in [3.05, 3.63) is 66.9 Å². The summed E-state index contributed by atoms with van der Waals surface area (Å²) in [4.78, 5) is 13.1. The summed E-state index contributed by atoms with van der Waals surface area (Å²) in [5.41, 5.74) is 3.70. The molecule has 4 aromatic rings. The Morgan fingerprint density at radius 3 is 2.43 bits per heavy atom. The van der Waals surface area contributed by atoms with E-state index in [9.17, 15) is 0 Å². The molecule has 1 N–H and O–H groups in total. The number of anilines is 1. The van der Waals surface area contributed by atoms with Crippen molar-refractivity contribution in [1.82, 2.24) is 19.4 Å². The van der Waals surface area contributed by atoms with Crippen LogP contribution >= 0.6 is 0 Å². The van der Waals surface area contributed by atoms with Crippen molar-refractivity contribution < 1.29 is 9.47 Å². The van der Waals surface area contributed by atoms with Crippen LogP contribution in [0.3, 0.4) is 0 Å². The Morgan fingerprint density at radius 2 is 1.71 bits per heavy atom. The maximum Gasteiger partial charge on any atom is 0.180 e. The molecule has 4 rings (SSSR count). The molecule has 7 heteroatoms. The van der Waals surface area contributed by atoms with Crippen molar-refractivity contribution >= 4 is 11.5 Å². The Morgan fingerprint density at radius 1 is 0.964 bits per heavy atom. The van der Waals surface area contributed by atoms with E-state index in [4.69, 9.17) is 9.47 Å². The van der Waals surface area contributed by atoms with Crippen molar-refractivity contribution in [2.45, 2.75) is 6.42 Å². The Hall–Kier alpha value is -3.61. The minimum atomic E-state index is 0.727. The van der Waals surface area contributed by atoms with E-state index in [1.807, 2.05) is 47.1 Å². The zero-order valence-corrected chi connectivity index (χ0v) is 15.8. The molecule has 0 spiro atoms. The first-order valence-electron chi connectivity index (χ1n) is 8.98. The predicted octanol–water partition coefficient (Wildman–Crippen LogP) is 3.46. The van der Waals surface area contributed by atoms with E-state index >= 15 is 0 Å². The molecule has 1 aromatic carbocycles. The van der Waals surface area contributed by atoms with E-state index in [1.54, 1.807) is 32.8 Å². The molecule has 0 aliphatic rings. The Balaban J connectivity index is 1.66. The highest BCUT2D eigenvalue weighted by Gasteiger charge is 2.17. The van der Waals surface area contributed by atoms with Gasteiger partial charge in [-0.05, 0) is 36.2 Å². The van der Waals surface area contributed by atoms with Crippen LogP contribution in [0, 0.1) is 0 Å². The molecule has 28 heavy (non-hydrogen) atoms. The zero-order valence-electron chi connectivity index (χ0n) is 15.8. The molecule has 0 bridgehead atoms. The van der Waals surface area contributed by atoms with Crippen LogP contribution in [0.2, 0.25) is 0 Å². The van der Waals surface area contributed by atoms with Gasteiger partial charge in [-0.3, -0.25) is 9.38 Å². The first kappa shape index (κ1) is 17.8. The lowest BCUT2D eigenvalue weighted by molar-refractivity contribution is 0.397. The summed E-state index contributed by atoms with van der Waals surface area (Å²) in [5.74, 6) is 2.19. The van der Waals surface area contributed by atoms with Gasteiger partial charge >= 0.3 is 0 Å². The SMILES string of the molecule is COc1cccc(OC)c1-c1cnc2c(NCCc3ccncc3)nccn12. The van der Waals surface area contributed by atoms with E-state index in [0.717, 1.165) is 47.2 Å². The maximum absolute atomic E-state index is 5.55. The third-order valence-corrected chi connectivity index (χ3v) is 4.57. The highest BCUT2D eigenvalue weighted by Crippen LogP contribution is 2.38. The van der Waals surface area contributed by atoms with Gasteiger partial charge in [0.15, 0.2) is 11.5 Å². The molecule has 7 nitrogen and oxygen atoms in total. The summed E-state index contributed by atoms with van der Waals surface area (Å²) >= 11 is 0. The van der Waals surface area contributed by atoms with Crippen LogP contribution in [-0.2, 0) is 6.42 Å². The van der Waals surface area contributed by atoms with Crippen molar-refractivity contribution in [3.8, 4) is 22.8 Å². The van der Waals surface area contributed by atoms with Gasteiger partial charge in [-0.2, -0.15) is 0 Å². The molecular formula is C21H21N5O2. The molecule has 0 unspecified atom stereocenters. The highest BCUT2D eigenvalue weighted by atomic mass is 16.5. The van der Waals surface area contributed by atoms with Crippen molar-refractivity contribution in [1.29, 1.82) is 0 Å². The summed E-state index contributed by atoms with van der Waals surface area (Å²) in [6.07, 6.45) is 9.93. The number of nitrogens with zero attached hydrogens (tertiary/aromatic N) is 4. The Bertz CT molecular complexity index is 1060. The van der Waals surface area contributed by atoms with Crippen LogP contribution < -0.4 is 14.8 Å². The molecule has 0 aliphatic heterocycles. The van der Waals surface area contributed by atoms with Gasteiger partial charge < -0.3 is 14.8 Å². The zero-order chi connectivity index (χ0) is 19.3. The molecule has 0 radical (unpaired) electrons. The number of fused-ring (bicyclic) bond motifs is 1. The van der Waals surface area contributed by atoms with Crippen molar-refractivity contribution in [3.63, 3.8) is 0 Å². The summed E-state index contributed by atoms with van der Waals surface area (Å²) in [7, 11) is 3.30.